The van der Waals surface area contributed by atoms with E-state index in [4.69, 9.17) is 4.74 Å². The zero-order valence-corrected chi connectivity index (χ0v) is 24.6. The maximum Gasteiger partial charge on any atom is 0.416 e. The number of aliphatic hydroxyl groups is 1. The Morgan fingerprint density at radius 3 is 2.44 bits per heavy atom. The molecule has 43 heavy (non-hydrogen) atoms. The van der Waals surface area contributed by atoms with Gasteiger partial charge in [0.05, 0.1) is 31.1 Å². The molecule has 1 aliphatic rings. The molecule has 7 nitrogen and oxygen atoms in total. The number of nitrogens with one attached hydrogen (secondary N) is 1. The fourth-order valence-corrected chi connectivity index (χ4v) is 5.19. The van der Waals surface area contributed by atoms with E-state index in [0.717, 1.165) is 23.3 Å². The van der Waals surface area contributed by atoms with Gasteiger partial charge in [0.25, 0.3) is 0 Å². The van der Waals surface area contributed by atoms with Gasteiger partial charge in [-0.3, -0.25) is 14.5 Å². The SMILES string of the molecule is C[C@H]1CN([C@@H](C)CO)C(=O)Cc2cc(NC(=O)Cc3ccccc3)ccc2O[C@@H]1CN(C)Cc1ccc(C(F)(F)F)cc1. The van der Waals surface area contributed by atoms with Crippen molar-refractivity contribution in [3.63, 3.8) is 0 Å². The summed E-state index contributed by atoms with van der Waals surface area (Å²) < 4.78 is 45.5. The highest BCUT2D eigenvalue weighted by molar-refractivity contribution is 5.92. The van der Waals surface area contributed by atoms with Crippen molar-refractivity contribution < 1.29 is 32.6 Å². The number of rotatable bonds is 9. The lowest BCUT2D eigenvalue weighted by atomic mass is 10.0. The molecule has 2 N–H and O–H groups in total. The van der Waals surface area contributed by atoms with Crippen molar-refractivity contribution in [2.75, 3.05) is 32.1 Å². The Bertz CT molecular complexity index is 1380. The van der Waals surface area contributed by atoms with Crippen LogP contribution in [0.1, 0.15) is 36.1 Å². The molecule has 1 heterocycles. The first-order valence-corrected chi connectivity index (χ1v) is 14.3. The maximum absolute atomic E-state index is 13.5. The van der Waals surface area contributed by atoms with Crippen molar-refractivity contribution in [1.82, 2.24) is 9.80 Å². The summed E-state index contributed by atoms with van der Waals surface area (Å²) in [5, 5.41) is 12.8. The summed E-state index contributed by atoms with van der Waals surface area (Å²) >= 11 is 0. The van der Waals surface area contributed by atoms with E-state index in [1.54, 1.807) is 30.0 Å². The molecule has 0 aromatic heterocycles. The predicted molar refractivity (Wildman–Crippen MR) is 159 cm³/mol. The predicted octanol–water partition coefficient (Wildman–Crippen LogP) is 5.17. The lowest BCUT2D eigenvalue weighted by molar-refractivity contribution is -0.137. The number of ether oxygens (including phenoxy) is 1. The number of alkyl halides is 3. The third-order valence-corrected chi connectivity index (χ3v) is 7.63. The van der Waals surface area contributed by atoms with Gasteiger partial charge in [0, 0.05) is 36.8 Å². The first-order valence-electron chi connectivity index (χ1n) is 14.3. The van der Waals surface area contributed by atoms with Crippen LogP contribution in [0.25, 0.3) is 0 Å². The summed E-state index contributed by atoms with van der Waals surface area (Å²) in [7, 11) is 1.87. The summed E-state index contributed by atoms with van der Waals surface area (Å²) in [5.74, 6) is 0.0371. The van der Waals surface area contributed by atoms with Crippen molar-refractivity contribution in [3.05, 3.63) is 95.1 Å². The molecule has 230 valence electrons. The number of benzene rings is 3. The molecule has 4 rings (SSSR count). The second kappa shape index (κ2) is 14.1. The van der Waals surface area contributed by atoms with E-state index < -0.39 is 17.8 Å². The van der Waals surface area contributed by atoms with Gasteiger partial charge in [0.15, 0.2) is 0 Å². The van der Waals surface area contributed by atoms with Gasteiger partial charge in [0.1, 0.15) is 11.9 Å². The highest BCUT2D eigenvalue weighted by Gasteiger charge is 2.32. The van der Waals surface area contributed by atoms with Crippen LogP contribution in [-0.4, -0.2) is 65.6 Å². The van der Waals surface area contributed by atoms with Gasteiger partial charge in [-0.2, -0.15) is 13.2 Å². The number of fused-ring (bicyclic) bond motifs is 1. The Morgan fingerprint density at radius 2 is 1.79 bits per heavy atom. The zero-order valence-electron chi connectivity index (χ0n) is 24.6. The normalized spacial score (nSPS) is 18.2. The molecule has 0 aliphatic carbocycles. The number of amides is 2. The van der Waals surface area contributed by atoms with Gasteiger partial charge in [0.2, 0.25) is 11.8 Å². The first kappa shape index (κ1) is 32.0. The van der Waals surface area contributed by atoms with Gasteiger partial charge in [-0.15, -0.1) is 0 Å². The minimum absolute atomic E-state index is 0.0307. The van der Waals surface area contributed by atoms with E-state index in [1.165, 1.54) is 12.1 Å². The van der Waals surface area contributed by atoms with Crippen molar-refractivity contribution in [1.29, 1.82) is 0 Å². The Balaban J connectivity index is 1.54. The average Bonchev–Trinajstić information content (AvgIpc) is 3.00. The van der Waals surface area contributed by atoms with Crippen molar-refractivity contribution in [2.45, 2.75) is 51.6 Å². The van der Waals surface area contributed by atoms with Crippen LogP contribution in [0.4, 0.5) is 18.9 Å². The molecule has 0 saturated carbocycles. The maximum atomic E-state index is 13.5. The number of anilines is 1. The molecule has 2 amide bonds. The van der Waals surface area contributed by atoms with E-state index in [1.807, 2.05) is 49.2 Å². The molecular weight excluding hydrogens is 559 g/mol. The standard InChI is InChI=1S/C33H38F3N3O4/c1-22-18-39(23(2)21-40)32(42)17-26-16-28(37-31(41)15-24-7-5-4-6-8-24)13-14-29(26)43-30(22)20-38(3)19-25-9-11-27(12-10-25)33(34,35)36/h4-14,16,22-23,30,40H,15,17-21H2,1-3H3,(H,37,41)/t22-,23-,30+/m0/s1. The fourth-order valence-electron chi connectivity index (χ4n) is 5.19. The molecule has 0 saturated heterocycles. The topological polar surface area (TPSA) is 82.1 Å². The van der Waals surface area contributed by atoms with Gasteiger partial charge in [-0.1, -0.05) is 49.4 Å². The highest BCUT2D eigenvalue weighted by atomic mass is 19.4. The number of hydrogen-bond donors (Lipinski definition) is 2. The molecule has 10 heteroatoms. The zero-order chi connectivity index (χ0) is 31.1. The smallest absolute Gasteiger partial charge is 0.416 e. The van der Waals surface area contributed by atoms with Crippen LogP contribution in [-0.2, 0) is 35.2 Å². The van der Waals surface area contributed by atoms with Gasteiger partial charge in [-0.25, -0.2) is 0 Å². The number of hydrogen-bond acceptors (Lipinski definition) is 5. The third-order valence-electron chi connectivity index (χ3n) is 7.63. The minimum atomic E-state index is -4.39. The Morgan fingerprint density at radius 1 is 1.09 bits per heavy atom. The largest absolute Gasteiger partial charge is 0.488 e. The van der Waals surface area contributed by atoms with E-state index in [9.17, 15) is 27.9 Å². The fraction of sp³-hybridized carbons (Fsp3) is 0.394. The molecule has 0 spiro atoms. The Kier molecular flexibility index (Phi) is 10.5. The monoisotopic (exact) mass is 597 g/mol. The quantitative estimate of drug-likeness (QED) is 0.356. The highest BCUT2D eigenvalue weighted by Crippen LogP contribution is 2.31. The molecule has 3 aromatic rings. The molecule has 0 radical (unpaired) electrons. The Labute approximate surface area is 250 Å². The van der Waals surface area contributed by atoms with Crippen molar-refractivity contribution in [3.8, 4) is 5.75 Å². The third kappa shape index (κ3) is 8.81. The number of aliphatic hydroxyl groups excluding tert-OH is 1. The molecule has 0 fully saturated rings. The summed E-state index contributed by atoms with van der Waals surface area (Å²) in [6.07, 6.45) is -4.53. The van der Waals surface area contributed by atoms with Gasteiger partial charge < -0.3 is 20.1 Å². The second-order valence-electron chi connectivity index (χ2n) is 11.3. The molecule has 3 atom stereocenters. The summed E-state index contributed by atoms with van der Waals surface area (Å²) in [6, 6.07) is 19.3. The number of halogens is 3. The first-order chi connectivity index (χ1) is 20.4. The number of nitrogens with zero attached hydrogens (tertiary/aromatic N) is 2. The summed E-state index contributed by atoms with van der Waals surface area (Å²) in [5.41, 5.74) is 2.07. The van der Waals surface area contributed by atoms with Crippen LogP contribution < -0.4 is 10.1 Å². The van der Waals surface area contributed by atoms with Crippen LogP contribution in [0.2, 0.25) is 0 Å². The van der Waals surface area contributed by atoms with Crippen molar-refractivity contribution >= 4 is 17.5 Å². The van der Waals surface area contributed by atoms with Crippen LogP contribution in [0.3, 0.4) is 0 Å². The van der Waals surface area contributed by atoms with Crippen LogP contribution in [0, 0.1) is 5.92 Å². The van der Waals surface area contributed by atoms with Crippen LogP contribution in [0.15, 0.2) is 72.8 Å². The van der Waals surface area contributed by atoms with E-state index in [2.05, 4.69) is 5.32 Å². The van der Waals surface area contributed by atoms with Gasteiger partial charge >= 0.3 is 6.18 Å². The van der Waals surface area contributed by atoms with E-state index in [-0.39, 0.29) is 43.3 Å². The molecule has 0 unspecified atom stereocenters. The molecule has 3 aromatic carbocycles. The van der Waals surface area contributed by atoms with E-state index in [0.29, 0.717) is 36.6 Å². The van der Waals surface area contributed by atoms with Crippen molar-refractivity contribution in [2.24, 2.45) is 5.92 Å². The Hall–Kier alpha value is -3.89. The minimum Gasteiger partial charge on any atom is -0.488 e. The second-order valence-corrected chi connectivity index (χ2v) is 11.3. The van der Waals surface area contributed by atoms with Gasteiger partial charge in [-0.05, 0) is 55.4 Å². The number of carbonyl (C=O) groups excluding carboxylic acids is 2. The lowest BCUT2D eigenvalue weighted by Crippen LogP contribution is -2.47. The molecule has 0 bridgehead atoms. The lowest BCUT2D eigenvalue weighted by Gasteiger charge is -2.34. The van der Waals surface area contributed by atoms with Crippen LogP contribution >= 0.6 is 0 Å². The van der Waals surface area contributed by atoms with Crippen LogP contribution in [0.5, 0.6) is 5.75 Å². The molecular formula is C33H38F3N3O4. The summed E-state index contributed by atoms with van der Waals surface area (Å²) in [6.45, 7) is 4.76. The van der Waals surface area contributed by atoms with E-state index >= 15 is 0 Å². The number of likely N-dealkylation sites (N-methyl/N-ethyl adjacent to an activating group) is 1. The number of carbonyl (C=O) groups is 2. The molecule has 1 aliphatic heterocycles. The average molecular weight is 598 g/mol. The summed E-state index contributed by atoms with van der Waals surface area (Å²) in [4.78, 5) is 29.8.